The molecule has 4 aromatic rings. The Hall–Kier alpha value is -4.80. The molecule has 0 bridgehead atoms. The Morgan fingerprint density at radius 2 is 1.88 bits per heavy atom. The van der Waals surface area contributed by atoms with Crippen molar-refractivity contribution in [1.29, 1.82) is 5.26 Å². The molecular formula is C20H12F4N8O2. The Bertz CT molecular complexity index is 1410. The van der Waals surface area contributed by atoms with Crippen LogP contribution in [0.5, 0.6) is 5.75 Å². The number of methoxy groups -OCH3 is 1. The van der Waals surface area contributed by atoms with Gasteiger partial charge >= 0.3 is 6.18 Å². The first-order chi connectivity index (χ1) is 16.2. The van der Waals surface area contributed by atoms with Gasteiger partial charge in [0.25, 0.3) is 5.91 Å². The highest BCUT2D eigenvalue weighted by atomic mass is 19.4. The first kappa shape index (κ1) is 22.4. The van der Waals surface area contributed by atoms with Crippen LogP contribution < -0.4 is 10.1 Å². The van der Waals surface area contributed by atoms with E-state index in [1.807, 2.05) is 6.07 Å². The summed E-state index contributed by atoms with van der Waals surface area (Å²) < 4.78 is 60.7. The molecule has 1 amide bonds. The monoisotopic (exact) mass is 472 g/mol. The topological polar surface area (TPSA) is 124 Å². The third-order valence-corrected chi connectivity index (χ3v) is 4.51. The summed E-state index contributed by atoms with van der Waals surface area (Å²) in [5, 5.41) is 23.0. The Kier molecular flexibility index (Phi) is 5.68. The van der Waals surface area contributed by atoms with Crippen molar-refractivity contribution in [1.82, 2.24) is 29.8 Å². The first-order valence-corrected chi connectivity index (χ1v) is 9.30. The number of nitrogens with one attached hydrogen (secondary N) is 1. The lowest BCUT2D eigenvalue weighted by Crippen LogP contribution is -2.21. The zero-order chi connectivity index (χ0) is 24.5. The molecule has 34 heavy (non-hydrogen) atoms. The average Bonchev–Trinajstić information content (AvgIpc) is 3.49. The number of rotatable bonds is 5. The SMILES string of the molecule is COc1cc(F)ccc1-n1ncc(C(=O)Nc2cnc(-n3nccn3)c(C#N)c2)c1C(F)(F)F. The fraction of sp³-hybridized carbons (Fsp3) is 0.100. The molecule has 0 aliphatic carbocycles. The van der Waals surface area contributed by atoms with Crippen molar-refractivity contribution in [2.75, 3.05) is 12.4 Å². The van der Waals surface area contributed by atoms with E-state index in [-0.39, 0.29) is 28.5 Å². The molecule has 172 valence electrons. The van der Waals surface area contributed by atoms with Crippen molar-refractivity contribution in [3.05, 3.63) is 71.7 Å². The van der Waals surface area contributed by atoms with Gasteiger partial charge in [0, 0.05) is 6.07 Å². The second kappa shape index (κ2) is 8.62. The van der Waals surface area contributed by atoms with Crippen LogP contribution in [0.4, 0.5) is 23.2 Å². The standard InChI is InChI=1S/C20H12F4N8O2/c1-34-16-7-12(21)2-3-15(16)31-17(20(22,23)24)14(10-29-31)19(33)30-13-6-11(8-25)18(26-9-13)32-27-4-5-28-32/h2-7,9-10H,1H3,(H,30,33). The highest BCUT2D eigenvalue weighted by Gasteiger charge is 2.41. The highest BCUT2D eigenvalue weighted by Crippen LogP contribution is 2.36. The van der Waals surface area contributed by atoms with Crippen molar-refractivity contribution < 1.29 is 27.1 Å². The highest BCUT2D eigenvalue weighted by molar-refractivity contribution is 6.05. The maximum atomic E-state index is 13.9. The average molecular weight is 472 g/mol. The van der Waals surface area contributed by atoms with Crippen molar-refractivity contribution in [2.45, 2.75) is 6.18 Å². The lowest BCUT2D eigenvalue weighted by atomic mass is 10.2. The van der Waals surface area contributed by atoms with Crippen molar-refractivity contribution in [3.63, 3.8) is 0 Å². The van der Waals surface area contributed by atoms with Crippen LogP contribution in [0.2, 0.25) is 0 Å². The van der Waals surface area contributed by atoms with Crippen LogP contribution in [0, 0.1) is 17.1 Å². The lowest BCUT2D eigenvalue weighted by Gasteiger charge is -2.15. The molecular weight excluding hydrogens is 460 g/mol. The molecule has 1 aromatic carbocycles. The summed E-state index contributed by atoms with van der Waals surface area (Å²) in [4.78, 5) is 17.8. The Labute approximate surface area is 188 Å². The summed E-state index contributed by atoms with van der Waals surface area (Å²) in [5.74, 6) is -2.03. The van der Waals surface area contributed by atoms with Crippen molar-refractivity contribution >= 4 is 11.6 Å². The summed E-state index contributed by atoms with van der Waals surface area (Å²) >= 11 is 0. The molecule has 0 radical (unpaired) electrons. The van der Waals surface area contributed by atoms with Gasteiger partial charge in [0.15, 0.2) is 11.5 Å². The third kappa shape index (κ3) is 4.13. The van der Waals surface area contributed by atoms with Crippen molar-refractivity contribution in [3.8, 4) is 23.3 Å². The molecule has 0 saturated heterocycles. The molecule has 0 aliphatic rings. The Morgan fingerprint density at radius 3 is 2.53 bits per heavy atom. The van der Waals surface area contributed by atoms with E-state index >= 15 is 0 Å². The number of nitriles is 1. The van der Waals surface area contributed by atoms with E-state index in [0.717, 1.165) is 42.5 Å². The van der Waals surface area contributed by atoms with E-state index in [0.29, 0.717) is 4.68 Å². The molecule has 0 atom stereocenters. The van der Waals surface area contributed by atoms with Gasteiger partial charge in [-0.15, -0.1) is 4.80 Å². The minimum Gasteiger partial charge on any atom is -0.494 e. The molecule has 3 heterocycles. The number of aromatic nitrogens is 6. The smallest absolute Gasteiger partial charge is 0.434 e. The summed E-state index contributed by atoms with van der Waals surface area (Å²) in [6.45, 7) is 0. The van der Waals surface area contributed by atoms with Crippen LogP contribution in [0.1, 0.15) is 21.6 Å². The number of benzene rings is 1. The largest absolute Gasteiger partial charge is 0.494 e. The molecule has 1 N–H and O–H groups in total. The van der Waals surface area contributed by atoms with Crippen LogP contribution in [0.25, 0.3) is 11.5 Å². The quantitative estimate of drug-likeness (QED) is 0.443. The number of pyridine rings is 1. The second-order valence-electron chi connectivity index (χ2n) is 6.61. The van der Waals surface area contributed by atoms with Crippen LogP contribution in [-0.2, 0) is 6.18 Å². The number of hydrogen-bond donors (Lipinski definition) is 1. The van der Waals surface area contributed by atoms with Gasteiger partial charge in [0.05, 0.1) is 43.1 Å². The second-order valence-corrected chi connectivity index (χ2v) is 6.61. The lowest BCUT2D eigenvalue weighted by molar-refractivity contribution is -0.143. The number of nitrogens with zero attached hydrogens (tertiary/aromatic N) is 7. The van der Waals surface area contributed by atoms with Crippen LogP contribution >= 0.6 is 0 Å². The van der Waals surface area contributed by atoms with Gasteiger partial charge in [-0.1, -0.05) is 0 Å². The molecule has 0 spiro atoms. The minimum absolute atomic E-state index is 0.0308. The predicted octanol–water partition coefficient (Wildman–Crippen LogP) is 3.14. The number of amides is 1. The number of ether oxygens (including phenoxy) is 1. The van der Waals surface area contributed by atoms with Gasteiger partial charge in [0.2, 0.25) is 0 Å². The molecule has 14 heteroatoms. The zero-order valence-electron chi connectivity index (χ0n) is 17.1. The van der Waals surface area contributed by atoms with Crippen LogP contribution in [-0.4, -0.2) is 42.8 Å². The van der Waals surface area contributed by atoms with Gasteiger partial charge in [-0.05, 0) is 18.2 Å². The normalized spacial score (nSPS) is 11.2. The summed E-state index contributed by atoms with van der Waals surface area (Å²) in [6.07, 6.45) is -0.413. The first-order valence-electron chi connectivity index (χ1n) is 9.30. The fourth-order valence-corrected chi connectivity index (χ4v) is 3.09. The molecule has 4 rings (SSSR count). The maximum absolute atomic E-state index is 13.9. The van der Waals surface area contributed by atoms with E-state index in [4.69, 9.17) is 4.74 Å². The molecule has 0 saturated carbocycles. The Morgan fingerprint density at radius 1 is 1.15 bits per heavy atom. The minimum atomic E-state index is -5.01. The number of halogens is 4. The number of carbonyl (C=O) groups is 1. The number of hydrogen-bond acceptors (Lipinski definition) is 7. The molecule has 3 aromatic heterocycles. The van der Waals surface area contributed by atoms with E-state index < -0.39 is 29.2 Å². The third-order valence-electron chi connectivity index (χ3n) is 4.51. The van der Waals surface area contributed by atoms with E-state index in [1.165, 1.54) is 18.5 Å². The van der Waals surface area contributed by atoms with Crippen molar-refractivity contribution in [2.24, 2.45) is 0 Å². The van der Waals surface area contributed by atoms with E-state index in [2.05, 4.69) is 25.6 Å². The number of alkyl halides is 3. The number of anilines is 1. The van der Waals surface area contributed by atoms with Gasteiger partial charge < -0.3 is 10.1 Å². The van der Waals surface area contributed by atoms with Gasteiger partial charge in [-0.2, -0.15) is 33.7 Å². The van der Waals surface area contributed by atoms with Gasteiger partial charge in [-0.3, -0.25) is 4.79 Å². The zero-order valence-corrected chi connectivity index (χ0v) is 17.1. The Balaban J connectivity index is 1.72. The summed E-state index contributed by atoms with van der Waals surface area (Å²) in [6, 6.07) is 5.94. The van der Waals surface area contributed by atoms with E-state index in [9.17, 15) is 27.6 Å². The predicted molar refractivity (Wildman–Crippen MR) is 107 cm³/mol. The van der Waals surface area contributed by atoms with Gasteiger partial charge in [-0.25, -0.2) is 14.1 Å². The summed E-state index contributed by atoms with van der Waals surface area (Å²) in [7, 11) is 1.16. The molecule has 0 unspecified atom stereocenters. The fourth-order valence-electron chi connectivity index (χ4n) is 3.09. The van der Waals surface area contributed by atoms with Gasteiger partial charge in [0.1, 0.15) is 28.9 Å². The number of carbonyl (C=O) groups excluding carboxylic acids is 1. The summed E-state index contributed by atoms with van der Waals surface area (Å²) in [5.41, 5.74) is -2.51. The maximum Gasteiger partial charge on any atom is 0.434 e. The van der Waals surface area contributed by atoms with E-state index in [1.54, 1.807) is 0 Å². The molecule has 0 aliphatic heterocycles. The van der Waals surface area contributed by atoms with Crippen LogP contribution in [0.15, 0.2) is 49.1 Å². The van der Waals surface area contributed by atoms with Crippen LogP contribution in [0.3, 0.4) is 0 Å². The molecule has 10 nitrogen and oxygen atoms in total. The molecule has 0 fully saturated rings.